The molecule has 0 unspecified atom stereocenters. The summed E-state index contributed by atoms with van der Waals surface area (Å²) in [5.74, 6) is 2.20. The van der Waals surface area contributed by atoms with E-state index in [-0.39, 0.29) is 17.4 Å². The maximum absolute atomic E-state index is 13.0. The number of terminal acetylenes is 1. The number of nitrogens with zero attached hydrogens (tertiary/aromatic N) is 2. The molecule has 0 aromatic heterocycles. The quantitative estimate of drug-likeness (QED) is 0.502. The van der Waals surface area contributed by atoms with Gasteiger partial charge in [-0.25, -0.2) is 0 Å². The van der Waals surface area contributed by atoms with E-state index in [0.717, 1.165) is 5.56 Å². The lowest BCUT2D eigenvalue weighted by Crippen LogP contribution is -2.54. The van der Waals surface area contributed by atoms with Gasteiger partial charge in [0, 0.05) is 22.7 Å². The highest BCUT2D eigenvalue weighted by Crippen LogP contribution is 2.51. The lowest BCUT2D eigenvalue weighted by atomic mass is 9.79. The third-order valence-corrected chi connectivity index (χ3v) is 5.67. The van der Waals surface area contributed by atoms with Gasteiger partial charge in [0.15, 0.2) is 5.54 Å². The number of hydrogen-bond acceptors (Lipinski definition) is 5. The Balaban J connectivity index is 1.77. The first-order chi connectivity index (χ1) is 13.5. The molecule has 3 atom stereocenters. The fraction of sp³-hybridized carbons (Fsp3) is 0.286. The predicted molar refractivity (Wildman–Crippen MR) is 104 cm³/mol. The van der Waals surface area contributed by atoms with E-state index in [0.29, 0.717) is 23.5 Å². The van der Waals surface area contributed by atoms with Gasteiger partial charge >= 0.3 is 0 Å². The number of amides is 1. The third-order valence-electron chi connectivity index (χ3n) is 5.67. The zero-order valence-corrected chi connectivity index (χ0v) is 15.3. The average Bonchev–Trinajstić information content (AvgIpc) is 3.16. The van der Waals surface area contributed by atoms with Gasteiger partial charge in [-0.05, 0) is 30.8 Å². The zero-order chi connectivity index (χ0) is 19.9. The predicted octanol–water partition coefficient (Wildman–Crippen LogP) is 2.22. The van der Waals surface area contributed by atoms with Crippen molar-refractivity contribution in [1.82, 2.24) is 4.90 Å². The highest BCUT2D eigenvalue weighted by molar-refractivity contribution is 6.06. The fourth-order valence-corrected chi connectivity index (χ4v) is 4.52. The second-order valence-corrected chi connectivity index (χ2v) is 7.05. The largest absolute Gasteiger partial charge is 0.481 e. The van der Waals surface area contributed by atoms with E-state index in [4.69, 9.17) is 11.2 Å². The zero-order valence-electron chi connectivity index (χ0n) is 15.3. The number of likely N-dealkylation sites (tertiary alicyclic amines) is 1. The lowest BCUT2D eigenvalue weighted by molar-refractivity contribution is -0.534. The number of nitrogens with one attached hydrogen (secondary N) is 1. The number of carbonyl (C=O) groups excluding carboxylic acids is 1. The number of benzene rings is 2. The van der Waals surface area contributed by atoms with E-state index < -0.39 is 17.5 Å². The molecule has 0 radical (unpaired) electrons. The molecule has 2 aromatic carbocycles. The molecule has 2 aromatic rings. The Kier molecular flexibility index (Phi) is 4.28. The van der Waals surface area contributed by atoms with E-state index in [1.807, 2.05) is 0 Å². The molecule has 1 amide bonds. The number of rotatable bonds is 4. The van der Waals surface area contributed by atoms with Crippen LogP contribution in [0.5, 0.6) is 5.75 Å². The van der Waals surface area contributed by atoms with Crippen LogP contribution in [0, 0.1) is 22.5 Å². The fourth-order valence-electron chi connectivity index (χ4n) is 4.52. The van der Waals surface area contributed by atoms with E-state index in [1.165, 1.54) is 0 Å². The minimum Gasteiger partial charge on any atom is -0.481 e. The third kappa shape index (κ3) is 2.46. The summed E-state index contributed by atoms with van der Waals surface area (Å²) in [5.41, 5.74) is 0.741. The molecule has 142 valence electrons. The number of likely N-dealkylation sites (N-methyl/N-ethyl adjacent to an activating group) is 1. The molecule has 1 spiro atoms. The Morgan fingerprint density at radius 2 is 2.04 bits per heavy atom. The SMILES string of the molecule is C#CCOc1ccc([C@@H]2CN(C)[C@@]3(C(=O)Nc4ccccc43)[C@@H]2[N+](=O)[O-])cc1. The van der Waals surface area contributed by atoms with Gasteiger partial charge in [0.05, 0.1) is 5.92 Å². The monoisotopic (exact) mass is 377 g/mol. The Morgan fingerprint density at radius 3 is 2.71 bits per heavy atom. The van der Waals surface area contributed by atoms with Crippen molar-refractivity contribution in [2.75, 3.05) is 25.5 Å². The highest BCUT2D eigenvalue weighted by atomic mass is 16.6. The van der Waals surface area contributed by atoms with Gasteiger partial charge in [0.2, 0.25) is 0 Å². The maximum Gasteiger partial charge on any atom is 0.256 e. The molecule has 7 heteroatoms. The summed E-state index contributed by atoms with van der Waals surface area (Å²) in [6.45, 7) is 0.543. The van der Waals surface area contributed by atoms with Gasteiger partial charge < -0.3 is 10.1 Å². The van der Waals surface area contributed by atoms with Crippen LogP contribution in [0.25, 0.3) is 0 Å². The first-order valence-electron chi connectivity index (χ1n) is 8.92. The lowest BCUT2D eigenvalue weighted by Gasteiger charge is -2.30. The van der Waals surface area contributed by atoms with Gasteiger partial charge in [-0.1, -0.05) is 36.3 Å². The van der Waals surface area contributed by atoms with Crippen LogP contribution in [0.4, 0.5) is 5.69 Å². The standard InChI is InChI=1S/C21H19N3O4/c1-3-12-28-15-10-8-14(9-11-15)16-13-23(2)21(19(16)24(26)27)17-6-4-5-7-18(17)22-20(21)25/h1,4-11,16,19H,12-13H2,2H3,(H,22,25)/t16-,19+,21+/m0/s1. The molecule has 2 aliphatic rings. The van der Waals surface area contributed by atoms with Crippen molar-refractivity contribution in [1.29, 1.82) is 0 Å². The Labute approximate surface area is 162 Å². The van der Waals surface area contributed by atoms with Gasteiger partial charge in [-0.2, -0.15) is 0 Å². The molecule has 2 aliphatic heterocycles. The summed E-state index contributed by atoms with van der Waals surface area (Å²) >= 11 is 0. The van der Waals surface area contributed by atoms with Crippen molar-refractivity contribution >= 4 is 11.6 Å². The van der Waals surface area contributed by atoms with Crippen LogP contribution in [0.15, 0.2) is 48.5 Å². The van der Waals surface area contributed by atoms with Crippen LogP contribution in [-0.2, 0) is 10.3 Å². The first-order valence-corrected chi connectivity index (χ1v) is 8.92. The summed E-state index contributed by atoms with van der Waals surface area (Å²) in [4.78, 5) is 26.7. The van der Waals surface area contributed by atoms with Gasteiger partial charge in [-0.3, -0.25) is 19.8 Å². The van der Waals surface area contributed by atoms with Gasteiger partial charge in [-0.15, -0.1) is 6.42 Å². The van der Waals surface area contributed by atoms with Crippen LogP contribution in [0.2, 0.25) is 0 Å². The smallest absolute Gasteiger partial charge is 0.256 e. The molecule has 0 aliphatic carbocycles. The molecule has 7 nitrogen and oxygen atoms in total. The molecule has 0 saturated carbocycles. The van der Waals surface area contributed by atoms with Crippen molar-refractivity contribution in [3.63, 3.8) is 0 Å². The molecule has 1 N–H and O–H groups in total. The van der Waals surface area contributed by atoms with Crippen molar-refractivity contribution in [3.8, 4) is 18.1 Å². The minimum atomic E-state index is -1.33. The summed E-state index contributed by atoms with van der Waals surface area (Å²) in [7, 11) is 1.77. The van der Waals surface area contributed by atoms with Crippen molar-refractivity contribution in [2.24, 2.45) is 0 Å². The topological polar surface area (TPSA) is 84.7 Å². The molecule has 1 saturated heterocycles. The number of anilines is 1. The Bertz CT molecular complexity index is 982. The number of nitro groups is 1. The molecular weight excluding hydrogens is 358 g/mol. The van der Waals surface area contributed by atoms with Crippen LogP contribution >= 0.6 is 0 Å². The second kappa shape index (κ2) is 6.66. The van der Waals surface area contributed by atoms with Gasteiger partial charge in [0.1, 0.15) is 12.4 Å². The van der Waals surface area contributed by atoms with Gasteiger partial charge in [0.25, 0.3) is 11.9 Å². The summed E-state index contributed by atoms with van der Waals surface area (Å²) in [5, 5.41) is 15.0. The van der Waals surface area contributed by atoms with Crippen LogP contribution in [0.1, 0.15) is 17.0 Å². The molecule has 0 bridgehead atoms. The van der Waals surface area contributed by atoms with Crippen LogP contribution in [-0.4, -0.2) is 42.0 Å². The number of hydrogen-bond donors (Lipinski definition) is 1. The Hall–Kier alpha value is -3.37. The van der Waals surface area contributed by atoms with Crippen molar-refractivity contribution in [3.05, 3.63) is 69.8 Å². The number of carbonyl (C=O) groups is 1. The van der Waals surface area contributed by atoms with E-state index in [2.05, 4.69) is 11.2 Å². The number of ether oxygens (including phenoxy) is 1. The summed E-state index contributed by atoms with van der Waals surface area (Å²) in [6.07, 6.45) is 5.20. The number of para-hydroxylation sites is 1. The number of fused-ring (bicyclic) bond motifs is 2. The minimum absolute atomic E-state index is 0.156. The summed E-state index contributed by atoms with van der Waals surface area (Å²) in [6, 6.07) is 13.2. The van der Waals surface area contributed by atoms with E-state index >= 15 is 0 Å². The molecule has 4 rings (SSSR count). The van der Waals surface area contributed by atoms with Crippen molar-refractivity contribution in [2.45, 2.75) is 17.5 Å². The van der Waals surface area contributed by atoms with Crippen LogP contribution < -0.4 is 10.1 Å². The first kappa shape index (κ1) is 18.0. The normalized spacial score (nSPS) is 25.9. The molecule has 1 fully saturated rings. The van der Waals surface area contributed by atoms with Crippen molar-refractivity contribution < 1.29 is 14.5 Å². The van der Waals surface area contributed by atoms with E-state index in [1.54, 1.807) is 60.5 Å². The average molecular weight is 377 g/mol. The highest BCUT2D eigenvalue weighted by Gasteiger charge is 2.68. The molecule has 2 heterocycles. The van der Waals surface area contributed by atoms with E-state index in [9.17, 15) is 14.9 Å². The van der Waals surface area contributed by atoms with Crippen LogP contribution in [0.3, 0.4) is 0 Å². The summed E-state index contributed by atoms with van der Waals surface area (Å²) < 4.78 is 5.38. The molecule has 28 heavy (non-hydrogen) atoms. The maximum atomic E-state index is 13.0. The molecular formula is C21H19N3O4. The second-order valence-electron chi connectivity index (χ2n) is 7.05. The Morgan fingerprint density at radius 1 is 1.32 bits per heavy atom.